The summed E-state index contributed by atoms with van der Waals surface area (Å²) in [7, 11) is -3.69. The van der Waals surface area contributed by atoms with Gasteiger partial charge in [-0.3, -0.25) is 19.2 Å². The second-order valence-electron chi connectivity index (χ2n) is 7.17. The van der Waals surface area contributed by atoms with E-state index in [0.717, 1.165) is 23.3 Å². The van der Waals surface area contributed by atoms with Crippen molar-refractivity contribution in [2.75, 3.05) is 16.2 Å². The zero-order valence-electron chi connectivity index (χ0n) is 16.6. The molecule has 1 amide bonds. The fraction of sp³-hybridized carbons (Fsp3) is 0.190. The largest absolute Gasteiger partial charge is 0.322 e. The minimum atomic E-state index is -3.69. The first-order chi connectivity index (χ1) is 14.8. The summed E-state index contributed by atoms with van der Waals surface area (Å²) in [5, 5.41) is 15.6. The van der Waals surface area contributed by atoms with Gasteiger partial charge in [-0.2, -0.15) is 0 Å². The van der Waals surface area contributed by atoms with E-state index in [2.05, 4.69) is 5.32 Å². The molecule has 0 saturated carbocycles. The number of nitro benzene ring substituents is 1. The fourth-order valence-electron chi connectivity index (χ4n) is 3.54. The molecule has 0 atom stereocenters. The van der Waals surface area contributed by atoms with Gasteiger partial charge in [0.05, 0.1) is 10.6 Å². The Morgan fingerprint density at radius 3 is 2.71 bits per heavy atom. The van der Waals surface area contributed by atoms with Crippen molar-refractivity contribution in [2.45, 2.75) is 24.0 Å². The molecule has 1 aliphatic heterocycles. The van der Waals surface area contributed by atoms with Crippen molar-refractivity contribution in [1.29, 1.82) is 0 Å². The molecular formula is C21H19N3O5S2. The molecule has 3 aromatic rings. The van der Waals surface area contributed by atoms with Crippen LogP contribution in [0.4, 0.5) is 17.1 Å². The minimum absolute atomic E-state index is 0.133. The molecule has 1 aromatic heterocycles. The van der Waals surface area contributed by atoms with Gasteiger partial charge in [0.1, 0.15) is 4.21 Å². The molecule has 0 bridgehead atoms. The van der Waals surface area contributed by atoms with E-state index in [0.29, 0.717) is 29.9 Å². The number of nitrogens with zero attached hydrogens (tertiary/aromatic N) is 2. The van der Waals surface area contributed by atoms with Crippen molar-refractivity contribution >= 4 is 44.3 Å². The number of sulfonamides is 1. The van der Waals surface area contributed by atoms with Crippen LogP contribution < -0.4 is 9.62 Å². The molecule has 10 heteroatoms. The van der Waals surface area contributed by atoms with Crippen molar-refractivity contribution in [3.8, 4) is 0 Å². The summed E-state index contributed by atoms with van der Waals surface area (Å²) in [5.41, 5.74) is 2.32. The molecular weight excluding hydrogens is 438 g/mol. The summed E-state index contributed by atoms with van der Waals surface area (Å²) < 4.78 is 27.8. The number of nitrogens with one attached hydrogen (secondary N) is 1. The molecule has 0 fully saturated rings. The number of aryl methyl sites for hydroxylation is 2. The van der Waals surface area contributed by atoms with Crippen LogP contribution in [-0.2, 0) is 16.4 Å². The maximum atomic E-state index is 13.1. The van der Waals surface area contributed by atoms with Gasteiger partial charge < -0.3 is 5.32 Å². The predicted molar refractivity (Wildman–Crippen MR) is 119 cm³/mol. The van der Waals surface area contributed by atoms with Crippen molar-refractivity contribution in [3.05, 3.63) is 80.7 Å². The van der Waals surface area contributed by atoms with Gasteiger partial charge in [0.25, 0.3) is 21.6 Å². The summed E-state index contributed by atoms with van der Waals surface area (Å²) in [4.78, 5) is 23.3. The first kappa shape index (κ1) is 21.0. The Morgan fingerprint density at radius 1 is 1.19 bits per heavy atom. The first-order valence-electron chi connectivity index (χ1n) is 9.53. The van der Waals surface area contributed by atoms with Crippen molar-refractivity contribution in [3.63, 3.8) is 0 Å². The number of carbonyl (C=O) groups excluding carboxylic acids is 1. The molecule has 0 aliphatic carbocycles. The van der Waals surface area contributed by atoms with Crippen LogP contribution in [0, 0.1) is 17.0 Å². The Hall–Kier alpha value is -3.24. The number of thiophene rings is 1. The molecule has 0 unspecified atom stereocenters. The van der Waals surface area contributed by atoms with Crippen molar-refractivity contribution in [1.82, 2.24) is 0 Å². The number of rotatable bonds is 5. The van der Waals surface area contributed by atoms with Gasteiger partial charge in [-0.25, -0.2) is 8.42 Å². The zero-order chi connectivity index (χ0) is 22.2. The second-order valence-corrected chi connectivity index (χ2v) is 10.2. The highest BCUT2D eigenvalue weighted by molar-refractivity contribution is 7.94. The van der Waals surface area contributed by atoms with E-state index >= 15 is 0 Å². The van der Waals surface area contributed by atoms with Crippen LogP contribution >= 0.6 is 11.3 Å². The zero-order valence-corrected chi connectivity index (χ0v) is 18.2. The molecule has 31 heavy (non-hydrogen) atoms. The standard InChI is InChI=1S/C21H19N3O5S2/c1-14-6-7-16(12-18(14)24(26)27)21(25)22-17-9-8-15-4-2-10-23(19(15)13-17)31(28,29)20-5-3-11-30-20/h3,5-9,11-13H,2,4,10H2,1H3,(H,22,25). The summed E-state index contributed by atoms with van der Waals surface area (Å²) in [5.74, 6) is -0.508. The average molecular weight is 458 g/mol. The van der Waals surface area contributed by atoms with Crippen LogP contribution in [0.1, 0.15) is 27.9 Å². The number of anilines is 2. The Bertz CT molecular complexity index is 1270. The van der Waals surface area contributed by atoms with Crippen LogP contribution in [0.2, 0.25) is 0 Å². The van der Waals surface area contributed by atoms with E-state index in [9.17, 15) is 23.3 Å². The highest BCUT2D eigenvalue weighted by Gasteiger charge is 2.30. The number of hydrogen-bond donors (Lipinski definition) is 1. The third kappa shape index (κ3) is 4.04. The van der Waals surface area contributed by atoms with Gasteiger partial charge in [-0.05, 0) is 55.0 Å². The van der Waals surface area contributed by atoms with E-state index in [1.54, 1.807) is 42.6 Å². The lowest BCUT2D eigenvalue weighted by atomic mass is 10.0. The summed E-state index contributed by atoms with van der Waals surface area (Å²) in [6, 6.07) is 12.7. The van der Waals surface area contributed by atoms with Crippen LogP contribution in [0.25, 0.3) is 0 Å². The van der Waals surface area contributed by atoms with Crippen molar-refractivity contribution < 1.29 is 18.1 Å². The van der Waals surface area contributed by atoms with Crippen LogP contribution in [0.5, 0.6) is 0 Å². The van der Waals surface area contributed by atoms with Gasteiger partial charge >= 0.3 is 0 Å². The quantitative estimate of drug-likeness (QED) is 0.452. The third-order valence-electron chi connectivity index (χ3n) is 5.13. The molecule has 8 nitrogen and oxygen atoms in total. The Kier molecular flexibility index (Phi) is 5.50. The Balaban J connectivity index is 1.64. The average Bonchev–Trinajstić information content (AvgIpc) is 3.29. The van der Waals surface area contributed by atoms with E-state index in [-0.39, 0.29) is 15.5 Å². The third-order valence-corrected chi connectivity index (χ3v) is 8.31. The molecule has 2 aromatic carbocycles. The molecule has 2 heterocycles. The Labute approximate surface area is 183 Å². The molecule has 160 valence electrons. The molecule has 0 spiro atoms. The monoisotopic (exact) mass is 457 g/mol. The number of nitro groups is 1. The van der Waals surface area contributed by atoms with E-state index in [1.165, 1.54) is 22.5 Å². The number of benzene rings is 2. The summed E-state index contributed by atoms with van der Waals surface area (Å²) in [6.45, 7) is 1.96. The minimum Gasteiger partial charge on any atom is -0.322 e. The van der Waals surface area contributed by atoms with Gasteiger partial charge in [-0.1, -0.05) is 18.2 Å². The maximum Gasteiger partial charge on any atom is 0.273 e. The number of fused-ring (bicyclic) bond motifs is 1. The fourth-order valence-corrected chi connectivity index (χ4v) is 6.18. The van der Waals surface area contributed by atoms with Crippen LogP contribution in [0.3, 0.4) is 0 Å². The summed E-state index contributed by atoms with van der Waals surface area (Å²) in [6.07, 6.45) is 1.44. The molecule has 1 aliphatic rings. The topological polar surface area (TPSA) is 110 Å². The molecule has 4 rings (SSSR count). The van der Waals surface area contributed by atoms with Crippen LogP contribution in [0.15, 0.2) is 58.1 Å². The molecule has 0 saturated heterocycles. The highest BCUT2D eigenvalue weighted by atomic mass is 32.2. The number of carbonyl (C=O) groups is 1. The number of hydrogen-bond acceptors (Lipinski definition) is 6. The van der Waals surface area contributed by atoms with Gasteiger partial charge in [0.15, 0.2) is 0 Å². The van der Waals surface area contributed by atoms with E-state index < -0.39 is 20.9 Å². The lowest BCUT2D eigenvalue weighted by Crippen LogP contribution is -2.35. The van der Waals surface area contributed by atoms with Crippen LogP contribution in [-0.4, -0.2) is 25.8 Å². The molecule has 1 N–H and O–H groups in total. The normalized spacial score (nSPS) is 13.5. The lowest BCUT2D eigenvalue weighted by molar-refractivity contribution is -0.385. The SMILES string of the molecule is Cc1ccc(C(=O)Nc2ccc3c(c2)N(S(=O)(=O)c2cccs2)CCC3)cc1[N+](=O)[O-]. The van der Waals surface area contributed by atoms with Gasteiger partial charge in [0, 0.05) is 29.4 Å². The highest BCUT2D eigenvalue weighted by Crippen LogP contribution is 2.35. The van der Waals surface area contributed by atoms with Gasteiger partial charge in [-0.15, -0.1) is 11.3 Å². The van der Waals surface area contributed by atoms with Gasteiger partial charge in [0.2, 0.25) is 0 Å². The second kappa shape index (κ2) is 8.12. The predicted octanol–water partition coefficient (Wildman–Crippen LogP) is 4.36. The lowest BCUT2D eigenvalue weighted by Gasteiger charge is -2.30. The summed E-state index contributed by atoms with van der Waals surface area (Å²) >= 11 is 1.16. The van der Waals surface area contributed by atoms with Crippen molar-refractivity contribution in [2.24, 2.45) is 0 Å². The smallest absolute Gasteiger partial charge is 0.273 e. The van der Waals surface area contributed by atoms with E-state index in [1.807, 2.05) is 0 Å². The Morgan fingerprint density at radius 2 is 2.00 bits per heavy atom. The molecule has 0 radical (unpaired) electrons. The van der Waals surface area contributed by atoms with E-state index in [4.69, 9.17) is 0 Å². The first-order valence-corrected chi connectivity index (χ1v) is 11.8. The maximum absolute atomic E-state index is 13.1. The number of amides is 1.